The summed E-state index contributed by atoms with van der Waals surface area (Å²) in [5.41, 5.74) is 0.0608. The number of benzene rings is 1. The number of Topliss-reactive ketones (excluding diaryl/α,β-unsaturated/α-hetero) is 1. The van der Waals surface area contributed by atoms with Gasteiger partial charge in [0.15, 0.2) is 17.4 Å². The van der Waals surface area contributed by atoms with Crippen molar-refractivity contribution in [1.82, 2.24) is 9.80 Å². The van der Waals surface area contributed by atoms with Crippen LogP contribution in [0.3, 0.4) is 0 Å². The number of nitrogens with zero attached hydrogens (tertiary/aromatic N) is 2. The SMILES string of the molecule is Cc1ccc(C(=O)C2CN(C)CCCN2C)c(F)c1F. The second-order valence-electron chi connectivity index (χ2n) is 5.53. The van der Waals surface area contributed by atoms with Crippen molar-refractivity contribution < 1.29 is 13.6 Å². The van der Waals surface area contributed by atoms with E-state index in [1.165, 1.54) is 19.1 Å². The Kier molecular flexibility index (Phi) is 4.50. The molecule has 1 heterocycles. The van der Waals surface area contributed by atoms with Crippen molar-refractivity contribution in [2.75, 3.05) is 33.7 Å². The van der Waals surface area contributed by atoms with Gasteiger partial charge >= 0.3 is 0 Å². The van der Waals surface area contributed by atoms with Crippen LogP contribution in [0.25, 0.3) is 0 Å². The fraction of sp³-hybridized carbons (Fsp3) is 0.533. The Bertz CT molecular complexity index is 519. The molecule has 1 saturated heterocycles. The topological polar surface area (TPSA) is 23.6 Å². The maximum absolute atomic E-state index is 14.0. The lowest BCUT2D eigenvalue weighted by molar-refractivity contribution is 0.0834. The van der Waals surface area contributed by atoms with Gasteiger partial charge in [0.05, 0.1) is 11.6 Å². The number of aryl methyl sites for hydroxylation is 1. The number of rotatable bonds is 2. The van der Waals surface area contributed by atoms with Crippen molar-refractivity contribution in [2.45, 2.75) is 19.4 Å². The second-order valence-corrected chi connectivity index (χ2v) is 5.53. The number of likely N-dealkylation sites (N-methyl/N-ethyl adjacent to an activating group) is 2. The smallest absolute Gasteiger partial charge is 0.184 e. The molecule has 1 aliphatic rings. The first-order chi connectivity index (χ1) is 9.41. The predicted octanol–water partition coefficient (Wildman–Crippen LogP) is 2.09. The van der Waals surface area contributed by atoms with Crippen LogP contribution in [0.1, 0.15) is 22.3 Å². The first kappa shape index (κ1) is 15.1. The lowest BCUT2D eigenvalue weighted by Gasteiger charge is -2.26. The molecule has 110 valence electrons. The minimum atomic E-state index is -1.03. The van der Waals surface area contributed by atoms with E-state index in [0.29, 0.717) is 6.54 Å². The quantitative estimate of drug-likeness (QED) is 0.776. The lowest BCUT2D eigenvalue weighted by atomic mass is 10.0. The zero-order valence-electron chi connectivity index (χ0n) is 12.1. The predicted molar refractivity (Wildman–Crippen MR) is 74.0 cm³/mol. The summed E-state index contributed by atoms with van der Waals surface area (Å²) in [6, 6.07) is 2.40. The molecule has 1 aliphatic heterocycles. The van der Waals surface area contributed by atoms with Gasteiger partial charge in [-0.3, -0.25) is 9.69 Å². The third-order valence-electron chi connectivity index (χ3n) is 3.91. The Hall–Kier alpha value is -1.33. The molecule has 20 heavy (non-hydrogen) atoms. The van der Waals surface area contributed by atoms with Crippen LogP contribution < -0.4 is 0 Å². The molecule has 1 fully saturated rings. The van der Waals surface area contributed by atoms with E-state index in [1.54, 1.807) is 0 Å². The van der Waals surface area contributed by atoms with Gasteiger partial charge in [0.2, 0.25) is 0 Å². The fourth-order valence-corrected chi connectivity index (χ4v) is 2.57. The molecule has 0 amide bonds. The summed E-state index contributed by atoms with van der Waals surface area (Å²) in [6.07, 6.45) is 0.960. The monoisotopic (exact) mass is 282 g/mol. The molecule has 3 nitrogen and oxygen atoms in total. The zero-order chi connectivity index (χ0) is 14.9. The van der Waals surface area contributed by atoms with E-state index in [9.17, 15) is 13.6 Å². The first-order valence-electron chi connectivity index (χ1n) is 6.79. The van der Waals surface area contributed by atoms with Gasteiger partial charge in [0, 0.05) is 6.54 Å². The highest BCUT2D eigenvalue weighted by atomic mass is 19.2. The van der Waals surface area contributed by atoms with Crippen LogP contribution in [0.15, 0.2) is 12.1 Å². The van der Waals surface area contributed by atoms with E-state index >= 15 is 0 Å². The molecule has 0 spiro atoms. The molecule has 0 aromatic heterocycles. The van der Waals surface area contributed by atoms with Crippen molar-refractivity contribution in [3.63, 3.8) is 0 Å². The molecule has 1 aromatic rings. The van der Waals surface area contributed by atoms with Crippen molar-refractivity contribution in [3.8, 4) is 0 Å². The van der Waals surface area contributed by atoms with Crippen LogP contribution in [-0.4, -0.2) is 55.4 Å². The number of halogens is 2. The van der Waals surface area contributed by atoms with Crippen LogP contribution in [0, 0.1) is 18.6 Å². The van der Waals surface area contributed by atoms with Gasteiger partial charge in [-0.25, -0.2) is 8.78 Å². The maximum atomic E-state index is 14.0. The van der Waals surface area contributed by atoms with Gasteiger partial charge in [0.25, 0.3) is 0 Å². The lowest BCUT2D eigenvalue weighted by Crippen LogP contribution is -2.44. The Morgan fingerprint density at radius 2 is 1.90 bits per heavy atom. The summed E-state index contributed by atoms with van der Waals surface area (Å²) in [5, 5.41) is 0. The van der Waals surface area contributed by atoms with Crippen LogP contribution in [0.4, 0.5) is 8.78 Å². The van der Waals surface area contributed by atoms with E-state index < -0.39 is 17.7 Å². The van der Waals surface area contributed by atoms with E-state index in [-0.39, 0.29) is 16.9 Å². The highest BCUT2D eigenvalue weighted by Crippen LogP contribution is 2.19. The Morgan fingerprint density at radius 1 is 1.20 bits per heavy atom. The number of ketones is 1. The third kappa shape index (κ3) is 2.88. The summed E-state index contributed by atoms with van der Waals surface area (Å²) in [4.78, 5) is 16.5. The van der Waals surface area contributed by atoms with Crippen LogP contribution >= 0.6 is 0 Å². The first-order valence-corrected chi connectivity index (χ1v) is 6.79. The number of carbonyl (C=O) groups excluding carboxylic acids is 1. The molecule has 1 aromatic carbocycles. The largest absolute Gasteiger partial charge is 0.304 e. The summed E-state index contributed by atoms with van der Waals surface area (Å²) >= 11 is 0. The van der Waals surface area contributed by atoms with Gasteiger partial charge in [-0.05, 0) is 52.2 Å². The van der Waals surface area contributed by atoms with Gasteiger partial charge < -0.3 is 4.90 Å². The van der Waals surface area contributed by atoms with Crippen molar-refractivity contribution in [1.29, 1.82) is 0 Å². The van der Waals surface area contributed by atoms with Gasteiger partial charge in [-0.1, -0.05) is 6.07 Å². The van der Waals surface area contributed by atoms with Crippen molar-refractivity contribution in [2.24, 2.45) is 0 Å². The standard InChI is InChI=1S/C15H20F2N2O/c1-10-5-6-11(14(17)13(10)16)15(20)12-9-18(2)7-4-8-19(12)3/h5-6,12H,4,7-9H2,1-3H3. The molecule has 0 aliphatic carbocycles. The van der Waals surface area contributed by atoms with E-state index in [2.05, 4.69) is 4.90 Å². The van der Waals surface area contributed by atoms with Crippen LogP contribution in [0.5, 0.6) is 0 Å². The van der Waals surface area contributed by atoms with Gasteiger partial charge in [-0.15, -0.1) is 0 Å². The average Bonchev–Trinajstić information content (AvgIpc) is 2.57. The maximum Gasteiger partial charge on any atom is 0.184 e. The Labute approximate surface area is 118 Å². The highest BCUT2D eigenvalue weighted by Gasteiger charge is 2.30. The molecular weight excluding hydrogens is 262 g/mol. The molecule has 1 unspecified atom stereocenters. The molecule has 0 radical (unpaired) electrons. The molecule has 0 saturated carbocycles. The zero-order valence-corrected chi connectivity index (χ0v) is 12.1. The average molecular weight is 282 g/mol. The summed E-state index contributed by atoms with van der Waals surface area (Å²) in [5.74, 6) is -2.31. The second kappa shape index (κ2) is 5.97. The molecule has 5 heteroatoms. The molecule has 2 rings (SSSR count). The van der Waals surface area contributed by atoms with E-state index in [0.717, 1.165) is 19.5 Å². The van der Waals surface area contributed by atoms with Gasteiger partial charge in [0.1, 0.15) is 0 Å². The summed E-state index contributed by atoms with van der Waals surface area (Å²) < 4.78 is 27.6. The minimum absolute atomic E-state index is 0.153. The van der Waals surface area contributed by atoms with E-state index in [4.69, 9.17) is 0 Å². The molecular formula is C15H20F2N2O. The highest BCUT2D eigenvalue weighted by molar-refractivity contribution is 6.00. The normalized spacial score (nSPS) is 21.8. The van der Waals surface area contributed by atoms with Crippen LogP contribution in [-0.2, 0) is 0 Å². The third-order valence-corrected chi connectivity index (χ3v) is 3.91. The van der Waals surface area contributed by atoms with E-state index in [1.807, 2.05) is 19.0 Å². The molecule has 0 bridgehead atoms. The van der Waals surface area contributed by atoms with Crippen molar-refractivity contribution in [3.05, 3.63) is 34.9 Å². The van der Waals surface area contributed by atoms with Crippen molar-refractivity contribution >= 4 is 5.78 Å². The summed E-state index contributed by atoms with van der Waals surface area (Å²) in [6.45, 7) is 3.69. The Morgan fingerprint density at radius 3 is 2.60 bits per heavy atom. The molecule has 1 atom stereocenters. The number of hydrogen-bond acceptors (Lipinski definition) is 3. The Balaban J connectivity index is 2.32. The van der Waals surface area contributed by atoms with Crippen LogP contribution in [0.2, 0.25) is 0 Å². The fourth-order valence-electron chi connectivity index (χ4n) is 2.57. The summed E-state index contributed by atoms with van der Waals surface area (Å²) in [7, 11) is 3.79. The number of carbonyl (C=O) groups is 1. The molecule has 0 N–H and O–H groups in total. The number of hydrogen-bond donors (Lipinski definition) is 0. The van der Waals surface area contributed by atoms with Gasteiger partial charge in [-0.2, -0.15) is 0 Å². The minimum Gasteiger partial charge on any atom is -0.304 e.